The van der Waals surface area contributed by atoms with Gasteiger partial charge in [-0.2, -0.15) is 0 Å². The highest BCUT2D eigenvalue weighted by Crippen LogP contribution is 2.03. The monoisotopic (exact) mass is 226 g/mol. The maximum atomic E-state index is 2.22. The minimum atomic E-state index is 1.14. The van der Waals surface area contributed by atoms with Crippen molar-refractivity contribution >= 4 is 0 Å². The molecule has 0 nitrogen and oxygen atoms in total. The molecule has 17 heavy (non-hydrogen) atoms. The standard InChI is InChI=1S/C9H12.C8H10/c1-3-9-6-4-5-8(2)7-9;1-7-4-3-5-8(2)6-7/h4-7H,3H2,1-2H3;3-6H,1-2H3. The van der Waals surface area contributed by atoms with Gasteiger partial charge in [-0.25, -0.2) is 0 Å². The minimum absolute atomic E-state index is 1.14. The van der Waals surface area contributed by atoms with E-state index in [0.717, 1.165) is 6.42 Å². The van der Waals surface area contributed by atoms with Crippen LogP contribution in [0.2, 0.25) is 0 Å². The summed E-state index contributed by atoms with van der Waals surface area (Å²) in [6.45, 7) is 8.51. The molecule has 0 heterocycles. The number of hydrogen-bond acceptors (Lipinski definition) is 0. The highest BCUT2D eigenvalue weighted by atomic mass is 13.9. The quantitative estimate of drug-likeness (QED) is 0.651. The van der Waals surface area contributed by atoms with Gasteiger partial charge in [-0.05, 0) is 32.8 Å². The molecule has 0 spiro atoms. The third-order valence-electron chi connectivity index (χ3n) is 2.66. The summed E-state index contributed by atoms with van der Waals surface area (Å²) >= 11 is 0. The fraction of sp³-hybridized carbons (Fsp3) is 0.294. The Labute approximate surface area is 105 Å². The molecule has 0 bridgehead atoms. The van der Waals surface area contributed by atoms with Gasteiger partial charge in [-0.1, -0.05) is 72.1 Å². The lowest BCUT2D eigenvalue weighted by Gasteiger charge is -1.95. The van der Waals surface area contributed by atoms with Crippen LogP contribution in [0.3, 0.4) is 0 Å². The van der Waals surface area contributed by atoms with Crippen LogP contribution >= 0.6 is 0 Å². The SMILES string of the molecule is CCc1cccc(C)c1.Cc1cccc(C)c1. The van der Waals surface area contributed by atoms with Crippen molar-refractivity contribution in [2.45, 2.75) is 34.1 Å². The van der Waals surface area contributed by atoms with Gasteiger partial charge in [0, 0.05) is 0 Å². The Bertz CT molecular complexity index is 438. The topological polar surface area (TPSA) is 0 Å². The van der Waals surface area contributed by atoms with Gasteiger partial charge < -0.3 is 0 Å². The first-order chi connectivity index (χ1) is 8.11. The normalized spacial score (nSPS) is 9.41. The van der Waals surface area contributed by atoms with E-state index in [1.54, 1.807) is 0 Å². The smallest absolute Gasteiger partial charge is 0.0307 e. The maximum absolute atomic E-state index is 2.22. The molecule has 2 rings (SSSR count). The van der Waals surface area contributed by atoms with E-state index < -0.39 is 0 Å². The highest BCUT2D eigenvalue weighted by molar-refractivity contribution is 5.22. The second-order valence-corrected chi connectivity index (χ2v) is 4.50. The summed E-state index contributed by atoms with van der Waals surface area (Å²) < 4.78 is 0. The predicted octanol–water partition coefficient (Wildman–Crippen LogP) is 4.86. The molecule has 0 N–H and O–H groups in total. The Morgan fingerprint density at radius 1 is 0.706 bits per heavy atom. The van der Waals surface area contributed by atoms with Gasteiger partial charge in [0.05, 0.1) is 0 Å². The molecule has 0 fully saturated rings. The number of aryl methyl sites for hydroxylation is 4. The fourth-order valence-corrected chi connectivity index (χ4v) is 1.74. The third kappa shape index (κ3) is 5.35. The van der Waals surface area contributed by atoms with E-state index >= 15 is 0 Å². The Kier molecular flexibility index (Phi) is 5.48. The molecule has 2 aromatic rings. The van der Waals surface area contributed by atoms with Crippen molar-refractivity contribution < 1.29 is 0 Å². The van der Waals surface area contributed by atoms with Crippen LogP contribution in [0, 0.1) is 20.8 Å². The van der Waals surface area contributed by atoms with E-state index in [1.165, 1.54) is 22.3 Å². The van der Waals surface area contributed by atoms with Gasteiger partial charge in [-0.3, -0.25) is 0 Å². The molecule has 0 aliphatic heterocycles. The summed E-state index contributed by atoms with van der Waals surface area (Å²) in [6.07, 6.45) is 1.14. The van der Waals surface area contributed by atoms with E-state index in [1.807, 2.05) is 0 Å². The Morgan fingerprint density at radius 3 is 1.47 bits per heavy atom. The van der Waals surface area contributed by atoms with Crippen LogP contribution < -0.4 is 0 Å². The Morgan fingerprint density at radius 2 is 1.18 bits per heavy atom. The second-order valence-electron chi connectivity index (χ2n) is 4.50. The lowest BCUT2D eigenvalue weighted by atomic mass is 10.1. The van der Waals surface area contributed by atoms with Crippen molar-refractivity contribution in [3.63, 3.8) is 0 Å². The van der Waals surface area contributed by atoms with Gasteiger partial charge in [0.15, 0.2) is 0 Å². The first kappa shape index (κ1) is 13.5. The van der Waals surface area contributed by atoms with Crippen molar-refractivity contribution in [1.82, 2.24) is 0 Å². The lowest BCUT2D eigenvalue weighted by molar-refractivity contribution is 1.13. The molecule has 0 aliphatic rings. The van der Waals surface area contributed by atoms with Crippen molar-refractivity contribution in [1.29, 1.82) is 0 Å². The summed E-state index contributed by atoms with van der Waals surface area (Å²) in [5.41, 5.74) is 5.46. The van der Waals surface area contributed by atoms with E-state index in [9.17, 15) is 0 Å². The molecule has 90 valence electrons. The summed E-state index contributed by atoms with van der Waals surface area (Å²) in [6, 6.07) is 17.1. The van der Waals surface area contributed by atoms with Gasteiger partial charge in [0.1, 0.15) is 0 Å². The van der Waals surface area contributed by atoms with Gasteiger partial charge in [-0.15, -0.1) is 0 Å². The zero-order chi connectivity index (χ0) is 12.7. The van der Waals surface area contributed by atoms with E-state index in [0.29, 0.717) is 0 Å². The third-order valence-corrected chi connectivity index (χ3v) is 2.66. The van der Waals surface area contributed by atoms with E-state index in [4.69, 9.17) is 0 Å². The van der Waals surface area contributed by atoms with Crippen LogP contribution in [0.1, 0.15) is 29.2 Å². The van der Waals surface area contributed by atoms with Crippen LogP contribution in [0.15, 0.2) is 48.5 Å². The summed E-state index contributed by atoms with van der Waals surface area (Å²) in [4.78, 5) is 0. The lowest BCUT2D eigenvalue weighted by Crippen LogP contribution is -1.78. The first-order valence-electron chi connectivity index (χ1n) is 6.20. The molecule has 0 saturated heterocycles. The van der Waals surface area contributed by atoms with Gasteiger partial charge in [0.25, 0.3) is 0 Å². The molecule has 0 atom stereocenters. The molecule has 0 amide bonds. The van der Waals surface area contributed by atoms with Gasteiger partial charge >= 0.3 is 0 Å². The minimum Gasteiger partial charge on any atom is -0.0617 e. The average Bonchev–Trinajstić information content (AvgIpc) is 2.29. The number of rotatable bonds is 1. The molecule has 0 aliphatic carbocycles. The van der Waals surface area contributed by atoms with Gasteiger partial charge in [0.2, 0.25) is 0 Å². The molecule has 0 unspecified atom stereocenters. The Hall–Kier alpha value is -1.56. The van der Waals surface area contributed by atoms with E-state index in [2.05, 4.69) is 76.2 Å². The van der Waals surface area contributed by atoms with Crippen LogP contribution in [-0.2, 0) is 6.42 Å². The molecule has 0 radical (unpaired) electrons. The van der Waals surface area contributed by atoms with Crippen molar-refractivity contribution in [2.75, 3.05) is 0 Å². The summed E-state index contributed by atoms with van der Waals surface area (Å²) in [5, 5.41) is 0. The van der Waals surface area contributed by atoms with Crippen molar-refractivity contribution in [3.8, 4) is 0 Å². The second kappa shape index (κ2) is 6.90. The average molecular weight is 226 g/mol. The predicted molar refractivity (Wildman–Crippen MR) is 76.5 cm³/mol. The van der Waals surface area contributed by atoms with Crippen molar-refractivity contribution in [3.05, 3.63) is 70.8 Å². The summed E-state index contributed by atoms with van der Waals surface area (Å²) in [7, 11) is 0. The van der Waals surface area contributed by atoms with Crippen LogP contribution in [-0.4, -0.2) is 0 Å². The molecule has 0 aromatic heterocycles. The summed E-state index contributed by atoms with van der Waals surface area (Å²) in [5.74, 6) is 0. The molecular formula is C17H22. The molecule has 0 saturated carbocycles. The molecule has 2 aromatic carbocycles. The zero-order valence-electron chi connectivity index (χ0n) is 11.3. The highest BCUT2D eigenvalue weighted by Gasteiger charge is 1.85. The number of hydrogen-bond donors (Lipinski definition) is 0. The van der Waals surface area contributed by atoms with Crippen LogP contribution in [0.25, 0.3) is 0 Å². The first-order valence-corrected chi connectivity index (χ1v) is 6.20. The molecule has 0 heteroatoms. The van der Waals surface area contributed by atoms with Crippen molar-refractivity contribution in [2.24, 2.45) is 0 Å². The van der Waals surface area contributed by atoms with E-state index in [-0.39, 0.29) is 0 Å². The zero-order valence-corrected chi connectivity index (χ0v) is 11.3. The number of benzene rings is 2. The van der Waals surface area contributed by atoms with Crippen LogP contribution in [0.5, 0.6) is 0 Å². The largest absolute Gasteiger partial charge is 0.0617 e. The van der Waals surface area contributed by atoms with Crippen LogP contribution in [0.4, 0.5) is 0 Å². The fourth-order valence-electron chi connectivity index (χ4n) is 1.74. The molecular weight excluding hydrogens is 204 g/mol. The maximum Gasteiger partial charge on any atom is -0.0307 e. The Balaban J connectivity index is 0.000000171.